The Hall–Kier alpha value is -2.60. The first-order chi connectivity index (χ1) is 9.02. The van der Waals surface area contributed by atoms with Crippen LogP contribution in [-0.4, -0.2) is 19.7 Å². The topological polar surface area (TPSA) is 118 Å². The molecule has 8 nitrogen and oxygen atoms in total. The molecule has 0 saturated carbocycles. The van der Waals surface area contributed by atoms with Crippen LogP contribution in [0.15, 0.2) is 33.0 Å². The molecule has 0 saturated heterocycles. The highest BCUT2D eigenvalue weighted by Crippen LogP contribution is 2.29. The van der Waals surface area contributed by atoms with Crippen molar-refractivity contribution in [3.63, 3.8) is 0 Å². The fraction of sp³-hybridized carbons (Fsp3) is 0.100. The predicted octanol–water partition coefficient (Wildman–Crippen LogP) is 1.04. The lowest BCUT2D eigenvalue weighted by atomic mass is 10.2. The fourth-order valence-corrected chi connectivity index (χ4v) is 2.18. The highest BCUT2D eigenvalue weighted by molar-refractivity contribution is 7.99. The molecule has 9 heteroatoms. The number of H-pyrrole nitrogens is 1. The van der Waals surface area contributed by atoms with Crippen LogP contribution in [0.3, 0.4) is 0 Å². The van der Waals surface area contributed by atoms with Crippen LogP contribution in [0.1, 0.15) is 5.56 Å². The first-order valence-corrected chi connectivity index (χ1v) is 5.82. The van der Waals surface area contributed by atoms with E-state index < -0.39 is 4.92 Å². The number of hydrogen-bond acceptors (Lipinski definition) is 6. The molecule has 0 radical (unpaired) electrons. The maximum atomic E-state index is 11.2. The van der Waals surface area contributed by atoms with Gasteiger partial charge in [-0.25, -0.2) is 9.89 Å². The quantitative estimate of drug-likeness (QED) is 0.661. The maximum absolute atomic E-state index is 11.2. The third-order valence-corrected chi connectivity index (χ3v) is 3.37. The number of nitrogens with one attached hydrogen (secondary N) is 1. The molecule has 1 aromatic heterocycles. The Labute approximate surface area is 110 Å². The number of aromatic nitrogens is 3. The molecule has 0 aliphatic heterocycles. The molecule has 0 spiro atoms. The van der Waals surface area contributed by atoms with Crippen molar-refractivity contribution in [2.24, 2.45) is 7.05 Å². The van der Waals surface area contributed by atoms with Crippen molar-refractivity contribution >= 4 is 17.4 Å². The first kappa shape index (κ1) is 12.8. The van der Waals surface area contributed by atoms with Gasteiger partial charge in [0, 0.05) is 18.0 Å². The standard InChI is InChI=1S/C10H7N5O3S/c1-14-9(16)12-13-10(14)19-7-3-2-6(5-11)8(4-7)15(17)18/h2-4H,1H3,(H,12,16). The highest BCUT2D eigenvalue weighted by atomic mass is 32.2. The van der Waals surface area contributed by atoms with Crippen molar-refractivity contribution in [2.75, 3.05) is 0 Å². The Morgan fingerprint density at radius 3 is 2.84 bits per heavy atom. The van der Waals surface area contributed by atoms with Gasteiger partial charge in [-0.1, -0.05) is 0 Å². The zero-order chi connectivity index (χ0) is 14.0. The van der Waals surface area contributed by atoms with Crippen LogP contribution >= 0.6 is 11.8 Å². The minimum Gasteiger partial charge on any atom is -0.273 e. The van der Waals surface area contributed by atoms with Crippen LogP contribution < -0.4 is 5.69 Å². The summed E-state index contributed by atoms with van der Waals surface area (Å²) >= 11 is 1.09. The number of rotatable bonds is 3. The number of aromatic amines is 1. The van der Waals surface area contributed by atoms with Crippen LogP contribution in [0.4, 0.5) is 5.69 Å². The van der Waals surface area contributed by atoms with E-state index in [4.69, 9.17) is 5.26 Å². The summed E-state index contributed by atoms with van der Waals surface area (Å²) in [6.07, 6.45) is 0. The molecule has 96 valence electrons. The van der Waals surface area contributed by atoms with E-state index in [1.165, 1.54) is 23.7 Å². The van der Waals surface area contributed by atoms with E-state index in [2.05, 4.69) is 10.2 Å². The van der Waals surface area contributed by atoms with Crippen molar-refractivity contribution in [3.8, 4) is 6.07 Å². The van der Waals surface area contributed by atoms with Gasteiger partial charge in [0.1, 0.15) is 11.6 Å². The summed E-state index contributed by atoms with van der Waals surface area (Å²) in [7, 11) is 1.53. The average Bonchev–Trinajstić information content (AvgIpc) is 2.70. The molecule has 1 heterocycles. The van der Waals surface area contributed by atoms with Gasteiger partial charge in [0.15, 0.2) is 5.16 Å². The first-order valence-electron chi connectivity index (χ1n) is 5.00. The second-order valence-corrected chi connectivity index (χ2v) is 4.56. The van der Waals surface area contributed by atoms with Gasteiger partial charge in [0.2, 0.25) is 0 Å². The molecule has 19 heavy (non-hydrogen) atoms. The number of nitriles is 1. The van der Waals surface area contributed by atoms with Gasteiger partial charge in [0.25, 0.3) is 5.69 Å². The molecule has 0 bridgehead atoms. The van der Waals surface area contributed by atoms with Gasteiger partial charge in [-0.05, 0) is 23.9 Å². The van der Waals surface area contributed by atoms with Crippen molar-refractivity contribution in [1.29, 1.82) is 5.26 Å². The third-order valence-electron chi connectivity index (χ3n) is 2.33. The highest BCUT2D eigenvalue weighted by Gasteiger charge is 2.16. The number of nitro groups is 1. The fourth-order valence-electron chi connectivity index (χ4n) is 1.35. The molecular formula is C10H7N5O3S. The summed E-state index contributed by atoms with van der Waals surface area (Å²) in [5, 5.41) is 26.0. The maximum Gasteiger partial charge on any atom is 0.343 e. The number of hydrogen-bond donors (Lipinski definition) is 1. The number of nitro benzene ring substituents is 1. The summed E-state index contributed by atoms with van der Waals surface area (Å²) in [5.41, 5.74) is -0.649. The lowest BCUT2D eigenvalue weighted by molar-refractivity contribution is -0.385. The molecule has 0 amide bonds. The molecular weight excluding hydrogens is 270 g/mol. The Kier molecular flexibility index (Phi) is 3.35. The van der Waals surface area contributed by atoms with Crippen molar-refractivity contribution < 1.29 is 4.92 Å². The molecule has 0 aliphatic rings. The average molecular weight is 277 g/mol. The predicted molar refractivity (Wildman–Crippen MR) is 65.8 cm³/mol. The Bertz CT molecular complexity index is 742. The molecule has 2 rings (SSSR count). The van der Waals surface area contributed by atoms with Crippen molar-refractivity contribution in [1.82, 2.24) is 14.8 Å². The van der Waals surface area contributed by atoms with Gasteiger partial charge in [-0.15, -0.1) is 5.10 Å². The van der Waals surface area contributed by atoms with E-state index in [9.17, 15) is 14.9 Å². The van der Waals surface area contributed by atoms with E-state index in [-0.39, 0.29) is 16.9 Å². The SMILES string of the molecule is Cn1c(Sc2ccc(C#N)c([N+](=O)[O-])c2)n[nH]c1=O. The van der Waals surface area contributed by atoms with Gasteiger partial charge < -0.3 is 0 Å². The Balaban J connectivity index is 2.40. The normalized spacial score (nSPS) is 10.1. The van der Waals surface area contributed by atoms with E-state index in [1.54, 1.807) is 12.1 Å². The minimum absolute atomic E-state index is 0.00901. The van der Waals surface area contributed by atoms with Gasteiger partial charge in [-0.3, -0.25) is 14.7 Å². The molecule has 0 unspecified atom stereocenters. The van der Waals surface area contributed by atoms with Crippen LogP contribution in [0, 0.1) is 21.4 Å². The van der Waals surface area contributed by atoms with Crippen LogP contribution in [-0.2, 0) is 7.05 Å². The van der Waals surface area contributed by atoms with Gasteiger partial charge >= 0.3 is 5.69 Å². The van der Waals surface area contributed by atoms with E-state index >= 15 is 0 Å². The molecule has 0 aliphatic carbocycles. The lowest BCUT2D eigenvalue weighted by Crippen LogP contribution is -2.12. The zero-order valence-electron chi connectivity index (χ0n) is 9.65. The largest absolute Gasteiger partial charge is 0.343 e. The Morgan fingerprint density at radius 2 is 2.32 bits per heavy atom. The molecule has 1 N–H and O–H groups in total. The molecule has 0 atom stereocenters. The van der Waals surface area contributed by atoms with Gasteiger partial charge in [-0.2, -0.15) is 5.26 Å². The summed E-state index contributed by atoms with van der Waals surface area (Å²) in [5.74, 6) is 0. The second kappa shape index (κ2) is 4.95. The van der Waals surface area contributed by atoms with Crippen molar-refractivity contribution in [3.05, 3.63) is 44.4 Å². The van der Waals surface area contributed by atoms with E-state index in [0.717, 1.165) is 11.8 Å². The zero-order valence-corrected chi connectivity index (χ0v) is 10.5. The molecule has 0 fully saturated rings. The molecule has 2 aromatic rings. The smallest absolute Gasteiger partial charge is 0.273 e. The summed E-state index contributed by atoms with van der Waals surface area (Å²) in [4.78, 5) is 21.9. The van der Waals surface area contributed by atoms with Crippen LogP contribution in [0.25, 0.3) is 0 Å². The summed E-state index contributed by atoms with van der Waals surface area (Å²) < 4.78 is 1.29. The Morgan fingerprint density at radius 1 is 1.58 bits per heavy atom. The number of benzene rings is 1. The second-order valence-electron chi connectivity index (χ2n) is 3.52. The van der Waals surface area contributed by atoms with Crippen LogP contribution in [0.5, 0.6) is 0 Å². The summed E-state index contributed by atoms with van der Waals surface area (Å²) in [6.45, 7) is 0. The minimum atomic E-state index is -0.619. The monoisotopic (exact) mass is 277 g/mol. The van der Waals surface area contributed by atoms with Crippen molar-refractivity contribution in [2.45, 2.75) is 10.1 Å². The van der Waals surface area contributed by atoms with Gasteiger partial charge in [0.05, 0.1) is 4.92 Å². The van der Waals surface area contributed by atoms with Crippen LogP contribution in [0.2, 0.25) is 0 Å². The molecule has 1 aromatic carbocycles. The summed E-state index contributed by atoms with van der Waals surface area (Å²) in [6, 6.07) is 5.97. The number of nitrogens with zero attached hydrogens (tertiary/aromatic N) is 4. The third kappa shape index (κ3) is 2.48. The lowest BCUT2D eigenvalue weighted by Gasteiger charge is -2.01. The van der Waals surface area contributed by atoms with E-state index in [0.29, 0.717) is 10.1 Å². The van der Waals surface area contributed by atoms with E-state index in [1.807, 2.05) is 0 Å².